The number of para-hydroxylation sites is 2. The van der Waals surface area contributed by atoms with Gasteiger partial charge in [-0.3, -0.25) is 19.4 Å². The van der Waals surface area contributed by atoms with Crippen molar-refractivity contribution in [3.8, 4) is 5.75 Å². The van der Waals surface area contributed by atoms with Gasteiger partial charge in [-0.15, -0.1) is 0 Å². The Bertz CT molecular complexity index is 923. The number of fused-ring (bicyclic) bond motifs is 1. The quantitative estimate of drug-likeness (QED) is 0.763. The Labute approximate surface area is 170 Å². The van der Waals surface area contributed by atoms with Gasteiger partial charge in [-0.1, -0.05) is 36.8 Å². The van der Waals surface area contributed by atoms with Crippen molar-refractivity contribution in [2.24, 2.45) is 0 Å². The summed E-state index contributed by atoms with van der Waals surface area (Å²) in [5.74, 6) is -0.328. The van der Waals surface area contributed by atoms with Crippen molar-refractivity contribution in [3.63, 3.8) is 0 Å². The fraction of sp³-hybridized carbons (Fsp3) is 0.391. The van der Waals surface area contributed by atoms with E-state index in [2.05, 4.69) is 4.90 Å². The fourth-order valence-corrected chi connectivity index (χ4v) is 4.32. The molecule has 0 bridgehead atoms. The molecule has 6 heteroatoms. The first-order chi connectivity index (χ1) is 14.0. The van der Waals surface area contributed by atoms with E-state index in [1.807, 2.05) is 12.1 Å². The number of rotatable bonds is 6. The van der Waals surface area contributed by atoms with Gasteiger partial charge >= 0.3 is 0 Å². The van der Waals surface area contributed by atoms with Crippen LogP contribution in [0.1, 0.15) is 41.6 Å². The van der Waals surface area contributed by atoms with Crippen molar-refractivity contribution in [2.75, 3.05) is 31.8 Å². The van der Waals surface area contributed by atoms with Crippen LogP contribution in [0.5, 0.6) is 5.75 Å². The van der Waals surface area contributed by atoms with Gasteiger partial charge in [-0.25, -0.2) is 0 Å². The summed E-state index contributed by atoms with van der Waals surface area (Å²) in [4.78, 5) is 30.2. The number of piperidine rings is 1. The zero-order valence-electron chi connectivity index (χ0n) is 16.6. The van der Waals surface area contributed by atoms with Crippen LogP contribution in [0.25, 0.3) is 0 Å². The zero-order chi connectivity index (χ0) is 20.4. The molecule has 4 rings (SSSR count). The number of amides is 1. The van der Waals surface area contributed by atoms with Crippen molar-refractivity contribution < 1.29 is 19.4 Å². The summed E-state index contributed by atoms with van der Waals surface area (Å²) in [6, 6.07) is 14.1. The first kappa shape index (κ1) is 19.6. The second kappa shape index (κ2) is 7.97. The Balaban J connectivity index is 1.64. The summed E-state index contributed by atoms with van der Waals surface area (Å²) < 4.78 is 5.28. The first-order valence-electron chi connectivity index (χ1n) is 10.1. The highest BCUT2D eigenvalue weighted by Gasteiger charge is 2.51. The number of ether oxygens (including phenoxy) is 1. The molecule has 1 atom stereocenters. The second-order valence-corrected chi connectivity index (χ2v) is 7.73. The third-order valence-corrected chi connectivity index (χ3v) is 5.85. The average molecular weight is 394 g/mol. The average Bonchev–Trinajstić information content (AvgIpc) is 2.96. The molecule has 2 heterocycles. The molecule has 0 aromatic heterocycles. The highest BCUT2D eigenvalue weighted by atomic mass is 16.5. The first-order valence-corrected chi connectivity index (χ1v) is 10.1. The molecule has 0 spiro atoms. The van der Waals surface area contributed by atoms with Crippen molar-refractivity contribution in [1.29, 1.82) is 0 Å². The lowest BCUT2D eigenvalue weighted by molar-refractivity contribution is -0.136. The molecular weight excluding hydrogens is 368 g/mol. The molecule has 1 amide bonds. The number of hydrogen-bond donors (Lipinski definition) is 1. The number of anilines is 1. The van der Waals surface area contributed by atoms with Crippen LogP contribution < -0.4 is 9.64 Å². The normalized spacial score (nSPS) is 21.9. The number of nitrogens with zero attached hydrogens (tertiary/aromatic N) is 2. The fourth-order valence-electron chi connectivity index (χ4n) is 4.32. The third kappa shape index (κ3) is 3.54. The number of Topliss-reactive ketones (excluding diaryl/α,β-unsaturated/α-hetero) is 1. The molecule has 0 unspecified atom stereocenters. The number of ketones is 1. The van der Waals surface area contributed by atoms with Gasteiger partial charge in [-0.05, 0) is 44.1 Å². The van der Waals surface area contributed by atoms with E-state index in [1.165, 1.54) is 13.5 Å². The van der Waals surface area contributed by atoms with Gasteiger partial charge in [0.2, 0.25) is 0 Å². The Morgan fingerprint density at radius 3 is 2.52 bits per heavy atom. The number of likely N-dealkylation sites (tertiary alicyclic amines) is 1. The lowest BCUT2D eigenvalue weighted by Gasteiger charge is -2.31. The summed E-state index contributed by atoms with van der Waals surface area (Å²) >= 11 is 0. The molecule has 152 valence electrons. The Morgan fingerprint density at radius 2 is 1.76 bits per heavy atom. The van der Waals surface area contributed by atoms with E-state index in [9.17, 15) is 14.7 Å². The number of hydrogen-bond acceptors (Lipinski definition) is 5. The topological polar surface area (TPSA) is 70.1 Å². The largest absolute Gasteiger partial charge is 0.496 e. The van der Waals surface area contributed by atoms with Gasteiger partial charge in [0.05, 0.1) is 31.5 Å². The van der Waals surface area contributed by atoms with Gasteiger partial charge in [0.25, 0.3) is 5.91 Å². The van der Waals surface area contributed by atoms with E-state index in [1.54, 1.807) is 41.3 Å². The maximum absolute atomic E-state index is 13.3. The van der Waals surface area contributed by atoms with Crippen LogP contribution in [-0.2, 0) is 10.4 Å². The predicted octanol–water partition coefficient (Wildman–Crippen LogP) is 2.95. The van der Waals surface area contributed by atoms with Crippen LogP contribution >= 0.6 is 0 Å². The second-order valence-electron chi connectivity index (χ2n) is 7.73. The van der Waals surface area contributed by atoms with E-state index < -0.39 is 11.5 Å². The number of aliphatic hydroxyl groups is 1. The summed E-state index contributed by atoms with van der Waals surface area (Å²) in [5, 5.41) is 11.4. The molecule has 0 radical (unpaired) electrons. The van der Waals surface area contributed by atoms with Crippen LogP contribution in [-0.4, -0.2) is 48.6 Å². The zero-order valence-corrected chi connectivity index (χ0v) is 16.6. The van der Waals surface area contributed by atoms with E-state index >= 15 is 0 Å². The van der Waals surface area contributed by atoms with Gasteiger partial charge < -0.3 is 9.84 Å². The molecule has 2 aliphatic rings. The predicted molar refractivity (Wildman–Crippen MR) is 110 cm³/mol. The minimum absolute atomic E-state index is 0.320. The van der Waals surface area contributed by atoms with E-state index in [0.29, 0.717) is 29.2 Å². The summed E-state index contributed by atoms with van der Waals surface area (Å²) in [7, 11) is 1.50. The number of methoxy groups -OCH3 is 1. The molecule has 29 heavy (non-hydrogen) atoms. The molecule has 2 aromatic rings. The molecule has 2 aliphatic heterocycles. The van der Waals surface area contributed by atoms with Crippen molar-refractivity contribution in [1.82, 2.24) is 4.90 Å². The summed E-state index contributed by atoms with van der Waals surface area (Å²) in [6.07, 6.45) is 3.11. The van der Waals surface area contributed by atoms with E-state index in [4.69, 9.17) is 4.74 Å². The van der Waals surface area contributed by atoms with E-state index in [0.717, 1.165) is 25.9 Å². The highest BCUT2D eigenvalue weighted by Crippen LogP contribution is 2.43. The Kier molecular flexibility index (Phi) is 5.39. The molecule has 0 saturated carbocycles. The third-order valence-electron chi connectivity index (χ3n) is 5.85. The number of carbonyl (C=O) groups is 2. The molecule has 1 saturated heterocycles. The number of carbonyl (C=O) groups excluding carboxylic acids is 2. The van der Waals surface area contributed by atoms with Gasteiger partial charge in [0.15, 0.2) is 11.4 Å². The van der Waals surface area contributed by atoms with Crippen LogP contribution in [0.2, 0.25) is 0 Å². The molecule has 2 aromatic carbocycles. The SMILES string of the molecule is COc1ccccc1C(=O)C[C@]1(O)C(=O)N(CN2CCCCC2)c2ccccc21. The molecule has 1 N–H and O–H groups in total. The Morgan fingerprint density at radius 1 is 1.07 bits per heavy atom. The minimum atomic E-state index is -1.87. The standard InChI is InChI=1S/C23H26N2O4/c1-29-21-12-6-3-9-17(21)20(26)15-23(28)18-10-4-5-11-19(18)25(22(23)27)16-24-13-7-2-8-14-24/h3-6,9-12,28H,2,7-8,13-16H2,1H3/t23-/m1/s1. The van der Waals surface area contributed by atoms with Crippen LogP contribution in [0.4, 0.5) is 5.69 Å². The molecular formula is C23H26N2O4. The maximum Gasteiger partial charge on any atom is 0.265 e. The molecule has 1 fully saturated rings. The summed E-state index contributed by atoms with van der Waals surface area (Å²) in [5.41, 5.74) is -0.337. The highest BCUT2D eigenvalue weighted by molar-refractivity contribution is 6.11. The monoisotopic (exact) mass is 394 g/mol. The smallest absolute Gasteiger partial charge is 0.265 e. The van der Waals surface area contributed by atoms with Crippen LogP contribution in [0.15, 0.2) is 48.5 Å². The minimum Gasteiger partial charge on any atom is -0.496 e. The van der Waals surface area contributed by atoms with Crippen molar-refractivity contribution in [3.05, 3.63) is 59.7 Å². The van der Waals surface area contributed by atoms with Gasteiger partial charge in [-0.2, -0.15) is 0 Å². The maximum atomic E-state index is 13.3. The van der Waals surface area contributed by atoms with Crippen LogP contribution in [0.3, 0.4) is 0 Å². The van der Waals surface area contributed by atoms with Crippen LogP contribution in [0, 0.1) is 0 Å². The van der Waals surface area contributed by atoms with Crippen molar-refractivity contribution in [2.45, 2.75) is 31.3 Å². The van der Waals surface area contributed by atoms with E-state index in [-0.39, 0.29) is 12.2 Å². The van der Waals surface area contributed by atoms with Gasteiger partial charge in [0.1, 0.15) is 5.75 Å². The summed E-state index contributed by atoms with van der Waals surface area (Å²) in [6.45, 7) is 2.30. The Hall–Kier alpha value is -2.70. The lowest BCUT2D eigenvalue weighted by Crippen LogP contribution is -2.47. The molecule has 6 nitrogen and oxygen atoms in total. The number of benzene rings is 2. The van der Waals surface area contributed by atoms with Gasteiger partial charge in [0, 0.05) is 5.56 Å². The lowest BCUT2D eigenvalue weighted by atomic mass is 9.88. The molecule has 0 aliphatic carbocycles. The van der Waals surface area contributed by atoms with Crippen molar-refractivity contribution >= 4 is 17.4 Å².